The summed E-state index contributed by atoms with van der Waals surface area (Å²) < 4.78 is 5.23. The molecule has 0 aromatic carbocycles. The van der Waals surface area contributed by atoms with Crippen LogP contribution in [0.25, 0.3) is 0 Å². The van der Waals surface area contributed by atoms with Gasteiger partial charge in [-0.3, -0.25) is 0 Å². The van der Waals surface area contributed by atoms with Gasteiger partial charge >= 0.3 is 0 Å². The molecule has 0 aromatic heterocycles. The van der Waals surface area contributed by atoms with E-state index in [1.807, 2.05) is 0 Å². The molecule has 3 heteroatoms. The molecule has 0 aromatic rings. The maximum Gasteiger partial charge on any atom is 0.0632 e. The lowest BCUT2D eigenvalue weighted by atomic mass is 10.0. The number of hydrogen-bond donors (Lipinski definition) is 2. The highest BCUT2D eigenvalue weighted by atomic mass is 16.5. The van der Waals surface area contributed by atoms with Crippen LogP contribution < -0.4 is 11.1 Å². The molecular formula is C8H18N2O. The van der Waals surface area contributed by atoms with Crippen LogP contribution in [0.3, 0.4) is 0 Å². The molecule has 2 atom stereocenters. The number of ether oxygens (including phenoxy) is 1. The Balaban J connectivity index is 2.29. The first-order chi connectivity index (χ1) is 5.20. The summed E-state index contributed by atoms with van der Waals surface area (Å²) in [4.78, 5) is 0. The van der Waals surface area contributed by atoms with Crippen molar-refractivity contribution in [3.8, 4) is 0 Å². The first-order valence-electron chi connectivity index (χ1n) is 4.29. The molecule has 1 rings (SSSR count). The second-order valence-electron chi connectivity index (χ2n) is 3.46. The molecule has 0 aliphatic carbocycles. The van der Waals surface area contributed by atoms with Gasteiger partial charge in [-0.15, -0.1) is 0 Å². The second-order valence-corrected chi connectivity index (χ2v) is 3.46. The summed E-state index contributed by atoms with van der Waals surface area (Å²) in [7, 11) is 0. The van der Waals surface area contributed by atoms with Crippen molar-refractivity contribution in [3.05, 3.63) is 0 Å². The maximum atomic E-state index is 5.84. The van der Waals surface area contributed by atoms with Crippen molar-refractivity contribution < 1.29 is 4.74 Å². The van der Waals surface area contributed by atoms with Crippen LogP contribution >= 0.6 is 0 Å². The van der Waals surface area contributed by atoms with Crippen LogP contribution in [0.15, 0.2) is 0 Å². The van der Waals surface area contributed by atoms with Gasteiger partial charge < -0.3 is 15.8 Å². The highest BCUT2D eigenvalue weighted by Gasteiger charge is 2.21. The number of nitrogens with one attached hydrogen (secondary N) is 1. The monoisotopic (exact) mass is 158 g/mol. The number of hydrogen-bond acceptors (Lipinski definition) is 3. The van der Waals surface area contributed by atoms with E-state index in [2.05, 4.69) is 19.2 Å². The number of nitrogens with two attached hydrogens (primary N) is 1. The van der Waals surface area contributed by atoms with Crippen molar-refractivity contribution in [3.63, 3.8) is 0 Å². The fourth-order valence-electron chi connectivity index (χ4n) is 1.40. The molecule has 66 valence electrons. The third kappa shape index (κ3) is 2.77. The van der Waals surface area contributed by atoms with Gasteiger partial charge in [0.25, 0.3) is 0 Å². The highest BCUT2D eigenvalue weighted by molar-refractivity contribution is 4.83. The molecule has 0 saturated carbocycles. The molecule has 0 radical (unpaired) electrons. The summed E-state index contributed by atoms with van der Waals surface area (Å²) >= 11 is 0. The van der Waals surface area contributed by atoms with Crippen LogP contribution in [-0.2, 0) is 4.74 Å². The minimum atomic E-state index is 0.172. The average Bonchev–Trinajstić information content (AvgIpc) is 1.93. The molecule has 11 heavy (non-hydrogen) atoms. The summed E-state index contributed by atoms with van der Waals surface area (Å²) in [5.41, 5.74) is 5.84. The maximum absolute atomic E-state index is 5.84. The van der Waals surface area contributed by atoms with Crippen LogP contribution in [0.1, 0.15) is 20.3 Å². The molecule has 1 aliphatic heterocycles. The summed E-state index contributed by atoms with van der Waals surface area (Å²) in [5, 5.41) is 3.43. The van der Waals surface area contributed by atoms with Gasteiger partial charge in [-0.25, -0.2) is 0 Å². The molecule has 1 aliphatic rings. The smallest absolute Gasteiger partial charge is 0.0632 e. The Labute approximate surface area is 68.3 Å². The lowest BCUT2D eigenvalue weighted by Crippen LogP contribution is -2.53. The molecule has 0 spiro atoms. The number of rotatable bonds is 2. The standard InChI is InChI=1S/C8H18N2O/c1-6(2)10-8-3-4-11-5-7(8)9/h6-8,10H,3-5,9H2,1-2H3/t7-,8-/m1/s1. The van der Waals surface area contributed by atoms with E-state index in [0.717, 1.165) is 13.0 Å². The second kappa shape index (κ2) is 4.04. The van der Waals surface area contributed by atoms with Crippen molar-refractivity contribution in [1.82, 2.24) is 5.32 Å². The van der Waals surface area contributed by atoms with Crippen molar-refractivity contribution in [2.24, 2.45) is 5.73 Å². The van der Waals surface area contributed by atoms with E-state index < -0.39 is 0 Å². The van der Waals surface area contributed by atoms with Gasteiger partial charge in [0, 0.05) is 24.7 Å². The SMILES string of the molecule is CC(C)N[C@@H]1CCOC[C@H]1N. The van der Waals surface area contributed by atoms with Gasteiger partial charge in [0.1, 0.15) is 0 Å². The predicted molar refractivity (Wildman–Crippen MR) is 45.5 cm³/mol. The zero-order chi connectivity index (χ0) is 8.27. The Morgan fingerprint density at radius 3 is 2.82 bits per heavy atom. The fourth-order valence-corrected chi connectivity index (χ4v) is 1.40. The highest BCUT2D eigenvalue weighted by Crippen LogP contribution is 2.06. The van der Waals surface area contributed by atoms with Crippen molar-refractivity contribution in [1.29, 1.82) is 0 Å². The van der Waals surface area contributed by atoms with Crippen LogP contribution in [0.4, 0.5) is 0 Å². The van der Waals surface area contributed by atoms with Gasteiger partial charge in [-0.05, 0) is 6.42 Å². The Morgan fingerprint density at radius 1 is 1.55 bits per heavy atom. The van der Waals surface area contributed by atoms with Gasteiger partial charge in [0.15, 0.2) is 0 Å². The van der Waals surface area contributed by atoms with Gasteiger partial charge in [0.2, 0.25) is 0 Å². The first kappa shape index (κ1) is 8.97. The molecule has 1 heterocycles. The minimum absolute atomic E-state index is 0.172. The van der Waals surface area contributed by atoms with Crippen LogP contribution in [0.5, 0.6) is 0 Å². The zero-order valence-electron chi connectivity index (χ0n) is 7.34. The molecule has 0 bridgehead atoms. The van der Waals surface area contributed by atoms with E-state index in [9.17, 15) is 0 Å². The Bertz CT molecular complexity index is 117. The molecule has 3 nitrogen and oxygen atoms in total. The normalized spacial score (nSPS) is 32.7. The molecule has 1 fully saturated rings. The topological polar surface area (TPSA) is 47.3 Å². The van der Waals surface area contributed by atoms with Crippen molar-refractivity contribution in [2.45, 2.75) is 38.4 Å². The molecular weight excluding hydrogens is 140 g/mol. The van der Waals surface area contributed by atoms with Gasteiger partial charge in [-0.2, -0.15) is 0 Å². The van der Waals surface area contributed by atoms with Gasteiger partial charge in [-0.1, -0.05) is 13.8 Å². The largest absolute Gasteiger partial charge is 0.380 e. The van der Waals surface area contributed by atoms with Crippen LogP contribution in [0.2, 0.25) is 0 Å². The average molecular weight is 158 g/mol. The van der Waals surface area contributed by atoms with E-state index in [0.29, 0.717) is 18.7 Å². The fraction of sp³-hybridized carbons (Fsp3) is 1.00. The van der Waals surface area contributed by atoms with Gasteiger partial charge in [0.05, 0.1) is 6.61 Å². The third-order valence-electron chi connectivity index (χ3n) is 1.95. The third-order valence-corrected chi connectivity index (χ3v) is 1.95. The zero-order valence-corrected chi connectivity index (χ0v) is 7.34. The molecule has 3 N–H and O–H groups in total. The van der Waals surface area contributed by atoms with Crippen molar-refractivity contribution in [2.75, 3.05) is 13.2 Å². The summed E-state index contributed by atoms with van der Waals surface area (Å²) in [6.07, 6.45) is 1.04. The summed E-state index contributed by atoms with van der Waals surface area (Å²) in [5.74, 6) is 0. The first-order valence-corrected chi connectivity index (χ1v) is 4.29. The predicted octanol–water partition coefficient (Wildman–Crippen LogP) is 0.101. The Hall–Kier alpha value is -0.120. The Morgan fingerprint density at radius 2 is 2.27 bits per heavy atom. The summed E-state index contributed by atoms with van der Waals surface area (Å²) in [6, 6.07) is 1.14. The van der Waals surface area contributed by atoms with Crippen LogP contribution in [0, 0.1) is 0 Å². The van der Waals surface area contributed by atoms with E-state index >= 15 is 0 Å². The quantitative estimate of drug-likeness (QED) is 0.599. The lowest BCUT2D eigenvalue weighted by Gasteiger charge is -2.30. The lowest BCUT2D eigenvalue weighted by molar-refractivity contribution is 0.0599. The molecule has 1 saturated heterocycles. The summed E-state index contributed by atoms with van der Waals surface area (Å²) in [6.45, 7) is 5.83. The van der Waals surface area contributed by atoms with E-state index in [-0.39, 0.29) is 6.04 Å². The van der Waals surface area contributed by atoms with E-state index in [1.165, 1.54) is 0 Å². The Kier molecular flexibility index (Phi) is 3.30. The van der Waals surface area contributed by atoms with Crippen molar-refractivity contribution >= 4 is 0 Å². The van der Waals surface area contributed by atoms with E-state index in [1.54, 1.807) is 0 Å². The van der Waals surface area contributed by atoms with Crippen LogP contribution in [-0.4, -0.2) is 31.3 Å². The molecule has 0 amide bonds. The van der Waals surface area contributed by atoms with E-state index in [4.69, 9.17) is 10.5 Å². The minimum Gasteiger partial charge on any atom is -0.380 e. The molecule has 0 unspecified atom stereocenters.